The Morgan fingerprint density at radius 2 is 2.13 bits per heavy atom. The second kappa shape index (κ2) is 11.9. The van der Waals surface area contributed by atoms with E-state index < -0.39 is 23.9 Å². The molecule has 0 unspecified atom stereocenters. The first-order valence-corrected chi connectivity index (χ1v) is 9.55. The number of carboxylic acids is 1. The second-order valence-electron chi connectivity index (χ2n) is 6.36. The number of rotatable bonds is 11. The molecule has 12 nitrogen and oxygen atoms in total. The maximum Gasteiger partial charge on any atom is 0.328 e. The van der Waals surface area contributed by atoms with Crippen LogP contribution in [0.2, 0.25) is 0 Å². The number of aliphatic imine (C=N–C) groups is 1. The van der Waals surface area contributed by atoms with Crippen LogP contribution in [0.3, 0.4) is 0 Å². The van der Waals surface area contributed by atoms with Crippen molar-refractivity contribution in [1.29, 1.82) is 0 Å². The standard InChI is InChI=1S/C19H26N6O6/c1-2-5-23-19(30)25-14(17(28)29)11-24-16(27)13-4-3-12(10-15(13)26)31-9-8-22-18-20-6-7-21-18/h2-4,10,14,26H,1,5-9,11H2,(H,24,27)(H,28,29)(H2,20,21,22)(H2,23,25,30)/t14-/m0/s1. The number of carbonyl (C=O) groups is 3. The van der Waals surface area contributed by atoms with E-state index in [1.54, 1.807) is 0 Å². The summed E-state index contributed by atoms with van der Waals surface area (Å²) in [5, 5.41) is 32.4. The van der Waals surface area contributed by atoms with Gasteiger partial charge < -0.3 is 41.5 Å². The van der Waals surface area contributed by atoms with Gasteiger partial charge in [-0.15, -0.1) is 6.58 Å². The minimum Gasteiger partial charge on any atom is -0.507 e. The van der Waals surface area contributed by atoms with Crippen molar-refractivity contribution in [3.63, 3.8) is 0 Å². The smallest absolute Gasteiger partial charge is 0.328 e. The Balaban J connectivity index is 1.82. The van der Waals surface area contributed by atoms with Crippen molar-refractivity contribution in [3.8, 4) is 11.5 Å². The van der Waals surface area contributed by atoms with Gasteiger partial charge in [0.25, 0.3) is 5.91 Å². The van der Waals surface area contributed by atoms with E-state index in [9.17, 15) is 24.6 Å². The van der Waals surface area contributed by atoms with Crippen molar-refractivity contribution < 1.29 is 29.3 Å². The van der Waals surface area contributed by atoms with Crippen molar-refractivity contribution in [2.24, 2.45) is 4.99 Å². The third kappa shape index (κ3) is 7.76. The SMILES string of the molecule is C=CCNC(=O)N[C@@H](CNC(=O)c1ccc(OCCNC2=NCCN2)cc1O)C(=O)O. The number of carbonyl (C=O) groups excluding carboxylic acids is 2. The van der Waals surface area contributed by atoms with Crippen LogP contribution in [0.1, 0.15) is 10.4 Å². The highest BCUT2D eigenvalue weighted by Crippen LogP contribution is 2.23. The average Bonchev–Trinajstić information content (AvgIpc) is 3.26. The molecule has 0 aliphatic carbocycles. The summed E-state index contributed by atoms with van der Waals surface area (Å²) in [6.45, 7) is 5.55. The first-order valence-electron chi connectivity index (χ1n) is 9.55. The van der Waals surface area contributed by atoms with Crippen LogP contribution < -0.4 is 31.3 Å². The molecule has 0 radical (unpaired) electrons. The van der Waals surface area contributed by atoms with Gasteiger partial charge in [0.1, 0.15) is 24.1 Å². The van der Waals surface area contributed by atoms with Crippen molar-refractivity contribution in [1.82, 2.24) is 26.6 Å². The Labute approximate surface area is 178 Å². The molecule has 1 aliphatic heterocycles. The molecule has 2 rings (SSSR count). The lowest BCUT2D eigenvalue weighted by Crippen LogP contribution is -2.51. The van der Waals surface area contributed by atoms with Gasteiger partial charge in [0.05, 0.1) is 18.7 Å². The number of phenolic OH excluding ortho intramolecular Hbond substituents is 1. The lowest BCUT2D eigenvalue weighted by atomic mass is 10.1. The molecule has 0 aromatic heterocycles. The van der Waals surface area contributed by atoms with Crippen LogP contribution >= 0.6 is 0 Å². The zero-order chi connectivity index (χ0) is 22.6. The predicted octanol–water partition coefficient (Wildman–Crippen LogP) is -1.01. The quantitative estimate of drug-likeness (QED) is 0.171. The Hall–Kier alpha value is -3.96. The van der Waals surface area contributed by atoms with Gasteiger partial charge in [-0.25, -0.2) is 9.59 Å². The maximum absolute atomic E-state index is 12.3. The lowest BCUT2D eigenvalue weighted by Gasteiger charge is -2.16. The fourth-order valence-corrected chi connectivity index (χ4v) is 2.51. The minimum atomic E-state index is -1.36. The lowest BCUT2D eigenvalue weighted by molar-refractivity contribution is -0.139. The van der Waals surface area contributed by atoms with Gasteiger partial charge in [-0.05, 0) is 12.1 Å². The van der Waals surface area contributed by atoms with Crippen LogP contribution in [0.4, 0.5) is 4.79 Å². The molecule has 3 amide bonds. The summed E-state index contributed by atoms with van der Waals surface area (Å²) in [6.07, 6.45) is 1.44. The Kier molecular flexibility index (Phi) is 8.95. The monoisotopic (exact) mass is 434 g/mol. The normalized spacial score (nSPS) is 13.2. The van der Waals surface area contributed by atoms with Gasteiger partial charge >= 0.3 is 12.0 Å². The molecule has 0 saturated heterocycles. The number of phenols is 1. The molecule has 0 fully saturated rings. The van der Waals surface area contributed by atoms with E-state index in [0.717, 1.165) is 13.1 Å². The first kappa shape index (κ1) is 23.3. The molecule has 7 N–H and O–H groups in total. The zero-order valence-corrected chi connectivity index (χ0v) is 16.8. The topological polar surface area (TPSA) is 173 Å². The number of hydrogen-bond acceptors (Lipinski definition) is 8. The number of benzene rings is 1. The third-order valence-electron chi connectivity index (χ3n) is 4.03. The number of carboxylic acid groups (broad SMARTS) is 1. The number of amides is 3. The molecule has 12 heteroatoms. The molecule has 1 atom stereocenters. The van der Waals surface area contributed by atoms with E-state index in [4.69, 9.17) is 4.74 Å². The van der Waals surface area contributed by atoms with E-state index >= 15 is 0 Å². The first-order chi connectivity index (χ1) is 14.9. The van der Waals surface area contributed by atoms with Crippen molar-refractivity contribution >= 4 is 23.9 Å². The molecule has 1 aromatic carbocycles. The van der Waals surface area contributed by atoms with Crippen LogP contribution in [0.25, 0.3) is 0 Å². The molecular formula is C19H26N6O6. The Bertz CT molecular complexity index is 843. The number of aromatic hydroxyl groups is 1. The van der Waals surface area contributed by atoms with E-state index in [1.165, 1.54) is 24.3 Å². The van der Waals surface area contributed by atoms with Crippen LogP contribution in [-0.2, 0) is 4.79 Å². The number of aliphatic carboxylic acids is 1. The molecule has 1 aromatic rings. The summed E-state index contributed by atoms with van der Waals surface area (Å²) in [4.78, 5) is 39.3. The van der Waals surface area contributed by atoms with E-state index in [1.807, 2.05) is 0 Å². The molecule has 31 heavy (non-hydrogen) atoms. The highest BCUT2D eigenvalue weighted by molar-refractivity contribution is 5.97. The van der Waals surface area contributed by atoms with Crippen molar-refractivity contribution in [2.75, 3.05) is 39.3 Å². The van der Waals surface area contributed by atoms with Crippen molar-refractivity contribution in [2.45, 2.75) is 6.04 Å². The number of ether oxygens (including phenoxy) is 1. The van der Waals surface area contributed by atoms with Crippen molar-refractivity contribution in [3.05, 3.63) is 36.4 Å². The summed E-state index contributed by atoms with van der Waals surface area (Å²) >= 11 is 0. The highest BCUT2D eigenvalue weighted by Gasteiger charge is 2.21. The predicted molar refractivity (Wildman–Crippen MR) is 112 cm³/mol. The maximum atomic E-state index is 12.3. The van der Waals surface area contributed by atoms with E-state index in [-0.39, 0.29) is 24.4 Å². The largest absolute Gasteiger partial charge is 0.507 e. The Morgan fingerprint density at radius 1 is 1.32 bits per heavy atom. The zero-order valence-electron chi connectivity index (χ0n) is 16.8. The van der Waals surface area contributed by atoms with Gasteiger partial charge in [0.2, 0.25) is 0 Å². The van der Waals surface area contributed by atoms with Gasteiger partial charge in [0, 0.05) is 25.7 Å². The number of nitrogens with one attached hydrogen (secondary N) is 5. The number of guanidine groups is 1. The molecule has 0 spiro atoms. The summed E-state index contributed by atoms with van der Waals surface area (Å²) in [5.74, 6) is -1.27. The highest BCUT2D eigenvalue weighted by atomic mass is 16.5. The fourth-order valence-electron chi connectivity index (χ4n) is 2.51. The second-order valence-corrected chi connectivity index (χ2v) is 6.36. The van der Waals surface area contributed by atoms with Gasteiger partial charge in [0.15, 0.2) is 5.96 Å². The minimum absolute atomic E-state index is 0.0600. The number of nitrogens with zero attached hydrogens (tertiary/aromatic N) is 1. The summed E-state index contributed by atoms with van der Waals surface area (Å²) in [7, 11) is 0. The van der Waals surface area contributed by atoms with Crippen LogP contribution in [0.5, 0.6) is 11.5 Å². The number of urea groups is 1. The van der Waals surface area contributed by atoms with E-state index in [2.05, 4.69) is 38.2 Å². The van der Waals surface area contributed by atoms with Gasteiger partial charge in [-0.2, -0.15) is 0 Å². The average molecular weight is 434 g/mol. The Morgan fingerprint density at radius 3 is 2.77 bits per heavy atom. The van der Waals surface area contributed by atoms with Gasteiger partial charge in [-0.1, -0.05) is 6.08 Å². The van der Waals surface area contributed by atoms with Crippen LogP contribution in [0, 0.1) is 0 Å². The van der Waals surface area contributed by atoms with Crippen LogP contribution in [-0.4, -0.2) is 79.5 Å². The molecule has 1 aliphatic rings. The summed E-state index contributed by atoms with van der Waals surface area (Å²) in [6, 6.07) is 2.09. The van der Waals surface area contributed by atoms with Gasteiger partial charge in [-0.3, -0.25) is 9.79 Å². The summed E-state index contributed by atoms with van der Waals surface area (Å²) in [5.41, 5.74) is -0.0600. The number of hydrogen-bond donors (Lipinski definition) is 7. The van der Waals surface area contributed by atoms with Crippen LogP contribution in [0.15, 0.2) is 35.8 Å². The molecular weight excluding hydrogens is 408 g/mol. The van der Waals surface area contributed by atoms with E-state index in [0.29, 0.717) is 24.9 Å². The molecule has 168 valence electrons. The molecule has 1 heterocycles. The third-order valence-corrected chi connectivity index (χ3v) is 4.03. The summed E-state index contributed by atoms with van der Waals surface area (Å²) < 4.78 is 5.51. The molecule has 0 bridgehead atoms. The molecule has 0 saturated carbocycles. The fraction of sp³-hybridized carbons (Fsp3) is 0.368.